The smallest absolute Gasteiger partial charge is 0.305 e. The predicted octanol–water partition coefficient (Wildman–Crippen LogP) is 2.46. The molecule has 17 heavy (non-hydrogen) atoms. The van der Waals surface area contributed by atoms with Crippen molar-refractivity contribution in [1.82, 2.24) is 0 Å². The van der Waals surface area contributed by atoms with E-state index in [-0.39, 0.29) is 6.42 Å². The van der Waals surface area contributed by atoms with Crippen molar-refractivity contribution in [2.24, 2.45) is 5.73 Å². The van der Waals surface area contributed by atoms with Gasteiger partial charge in [0.15, 0.2) is 0 Å². The van der Waals surface area contributed by atoms with E-state index in [1.54, 1.807) is 0 Å². The normalized spacial score (nSPS) is 16.6. The number of ether oxygens (including phenoxy) is 1. The van der Waals surface area contributed by atoms with E-state index in [4.69, 9.17) is 15.6 Å². The molecule has 1 saturated carbocycles. The number of rotatable bonds is 5. The van der Waals surface area contributed by atoms with Crippen LogP contribution >= 0.6 is 15.9 Å². The standard InChI is InChI=1S/C12H14BrNO3/c13-9-5-7(10(14)6-12(15)16)1-4-11(9)17-8-2-3-8/h1,4-5,8,10H,2-3,6,14H2,(H,15,16). The molecule has 1 atom stereocenters. The molecule has 0 bridgehead atoms. The summed E-state index contributed by atoms with van der Waals surface area (Å²) >= 11 is 3.41. The SMILES string of the molecule is NC(CC(=O)O)c1ccc(OC2CC2)c(Br)c1. The number of carbonyl (C=O) groups is 1. The van der Waals surface area contributed by atoms with E-state index in [0.29, 0.717) is 6.10 Å². The third-order valence-corrected chi connectivity index (χ3v) is 3.22. The molecule has 0 saturated heterocycles. The first-order valence-corrected chi connectivity index (χ1v) is 6.29. The first-order chi connectivity index (χ1) is 8.06. The van der Waals surface area contributed by atoms with Crippen molar-refractivity contribution in [3.8, 4) is 5.75 Å². The second kappa shape index (κ2) is 5.06. The number of benzene rings is 1. The average molecular weight is 300 g/mol. The Labute approximate surface area is 108 Å². The molecule has 92 valence electrons. The molecule has 0 heterocycles. The zero-order chi connectivity index (χ0) is 12.4. The van der Waals surface area contributed by atoms with Crippen molar-refractivity contribution in [3.63, 3.8) is 0 Å². The van der Waals surface area contributed by atoms with Crippen LogP contribution in [0.4, 0.5) is 0 Å². The van der Waals surface area contributed by atoms with Crippen molar-refractivity contribution in [1.29, 1.82) is 0 Å². The van der Waals surface area contributed by atoms with Crippen molar-refractivity contribution < 1.29 is 14.6 Å². The second-order valence-corrected chi connectivity index (χ2v) is 5.07. The van der Waals surface area contributed by atoms with E-state index in [9.17, 15) is 4.79 Å². The minimum absolute atomic E-state index is 0.0741. The maximum absolute atomic E-state index is 10.6. The summed E-state index contributed by atoms with van der Waals surface area (Å²) in [7, 11) is 0. The van der Waals surface area contributed by atoms with Crippen molar-refractivity contribution in [2.75, 3.05) is 0 Å². The van der Waals surface area contributed by atoms with Gasteiger partial charge in [0.1, 0.15) is 5.75 Å². The lowest BCUT2D eigenvalue weighted by Crippen LogP contribution is -2.15. The van der Waals surface area contributed by atoms with Gasteiger partial charge in [0.25, 0.3) is 0 Å². The molecule has 1 aliphatic carbocycles. The zero-order valence-corrected chi connectivity index (χ0v) is 10.8. The van der Waals surface area contributed by atoms with Gasteiger partial charge >= 0.3 is 5.97 Å². The molecule has 0 aliphatic heterocycles. The van der Waals surface area contributed by atoms with Crippen LogP contribution in [0.5, 0.6) is 5.75 Å². The molecule has 1 fully saturated rings. The van der Waals surface area contributed by atoms with Crippen LogP contribution in [0.15, 0.2) is 22.7 Å². The van der Waals surface area contributed by atoms with E-state index >= 15 is 0 Å². The largest absolute Gasteiger partial charge is 0.489 e. The van der Waals surface area contributed by atoms with Crippen LogP contribution in [0.2, 0.25) is 0 Å². The van der Waals surface area contributed by atoms with Crippen LogP contribution in [0.3, 0.4) is 0 Å². The molecular weight excluding hydrogens is 286 g/mol. The van der Waals surface area contributed by atoms with E-state index in [1.165, 1.54) is 0 Å². The van der Waals surface area contributed by atoms with Crippen LogP contribution in [-0.4, -0.2) is 17.2 Å². The third-order valence-electron chi connectivity index (χ3n) is 2.60. The van der Waals surface area contributed by atoms with E-state index in [1.807, 2.05) is 18.2 Å². The zero-order valence-electron chi connectivity index (χ0n) is 9.23. The van der Waals surface area contributed by atoms with Gasteiger partial charge in [-0.05, 0) is 46.5 Å². The number of carboxylic acid groups (broad SMARTS) is 1. The number of aliphatic carboxylic acids is 1. The lowest BCUT2D eigenvalue weighted by molar-refractivity contribution is -0.137. The fraction of sp³-hybridized carbons (Fsp3) is 0.417. The lowest BCUT2D eigenvalue weighted by atomic mass is 10.0. The maximum Gasteiger partial charge on any atom is 0.305 e. The number of hydrogen-bond donors (Lipinski definition) is 2. The van der Waals surface area contributed by atoms with Crippen molar-refractivity contribution >= 4 is 21.9 Å². The Morgan fingerprint density at radius 2 is 2.29 bits per heavy atom. The van der Waals surface area contributed by atoms with Crippen LogP contribution in [0.1, 0.15) is 30.9 Å². The van der Waals surface area contributed by atoms with Gasteiger partial charge in [0.05, 0.1) is 17.0 Å². The van der Waals surface area contributed by atoms with Gasteiger partial charge in [-0.1, -0.05) is 6.07 Å². The first kappa shape index (κ1) is 12.4. The van der Waals surface area contributed by atoms with Gasteiger partial charge in [-0.3, -0.25) is 4.79 Å². The Morgan fingerprint density at radius 1 is 1.59 bits per heavy atom. The Morgan fingerprint density at radius 3 is 2.82 bits per heavy atom. The highest BCUT2D eigenvalue weighted by molar-refractivity contribution is 9.10. The fourth-order valence-corrected chi connectivity index (χ4v) is 2.00. The molecule has 1 aromatic carbocycles. The summed E-state index contributed by atoms with van der Waals surface area (Å²) in [6.45, 7) is 0. The first-order valence-electron chi connectivity index (χ1n) is 5.49. The fourth-order valence-electron chi connectivity index (χ4n) is 1.51. The highest BCUT2D eigenvalue weighted by Gasteiger charge is 2.24. The third kappa shape index (κ3) is 3.44. The topological polar surface area (TPSA) is 72.6 Å². The molecule has 0 aromatic heterocycles. The summed E-state index contributed by atoms with van der Waals surface area (Å²) in [5.41, 5.74) is 6.58. The number of halogens is 1. The highest BCUT2D eigenvalue weighted by Crippen LogP contribution is 2.33. The van der Waals surface area contributed by atoms with Crippen LogP contribution in [0.25, 0.3) is 0 Å². The molecule has 5 heteroatoms. The summed E-state index contributed by atoms with van der Waals surface area (Å²) in [5, 5.41) is 8.68. The van der Waals surface area contributed by atoms with Crippen molar-refractivity contribution in [2.45, 2.75) is 31.4 Å². The summed E-state index contributed by atoms with van der Waals surface area (Å²) in [5.74, 6) is -0.106. The Bertz CT molecular complexity index is 432. The maximum atomic E-state index is 10.6. The molecule has 1 aromatic rings. The van der Waals surface area contributed by atoms with E-state index in [2.05, 4.69) is 15.9 Å². The van der Waals surface area contributed by atoms with Crippen LogP contribution in [0, 0.1) is 0 Å². The molecule has 0 amide bonds. The second-order valence-electron chi connectivity index (χ2n) is 4.21. The Balaban J connectivity index is 2.08. The molecule has 4 nitrogen and oxygen atoms in total. The summed E-state index contributed by atoms with van der Waals surface area (Å²) in [6.07, 6.45) is 2.47. The average Bonchev–Trinajstić information content (AvgIpc) is 3.04. The van der Waals surface area contributed by atoms with E-state index < -0.39 is 12.0 Å². The van der Waals surface area contributed by atoms with Crippen LogP contribution in [-0.2, 0) is 4.79 Å². The van der Waals surface area contributed by atoms with Gasteiger partial charge < -0.3 is 15.6 Å². The molecule has 1 aliphatic rings. The number of nitrogens with two attached hydrogens (primary N) is 1. The lowest BCUT2D eigenvalue weighted by Gasteiger charge is -2.12. The van der Waals surface area contributed by atoms with Crippen molar-refractivity contribution in [3.05, 3.63) is 28.2 Å². The van der Waals surface area contributed by atoms with Gasteiger partial charge in [-0.2, -0.15) is 0 Å². The minimum atomic E-state index is -0.896. The van der Waals surface area contributed by atoms with Gasteiger partial charge in [0.2, 0.25) is 0 Å². The molecule has 2 rings (SSSR count). The Kier molecular flexibility index (Phi) is 3.69. The van der Waals surface area contributed by atoms with Crippen LogP contribution < -0.4 is 10.5 Å². The quantitative estimate of drug-likeness (QED) is 0.876. The van der Waals surface area contributed by atoms with Gasteiger partial charge in [-0.15, -0.1) is 0 Å². The minimum Gasteiger partial charge on any atom is -0.489 e. The summed E-state index contributed by atoms with van der Waals surface area (Å²) in [4.78, 5) is 10.6. The molecule has 0 radical (unpaired) electrons. The molecular formula is C12H14BrNO3. The van der Waals surface area contributed by atoms with Gasteiger partial charge in [0, 0.05) is 6.04 Å². The number of carboxylic acids is 1. The van der Waals surface area contributed by atoms with E-state index in [0.717, 1.165) is 28.6 Å². The molecule has 1 unspecified atom stereocenters. The highest BCUT2D eigenvalue weighted by atomic mass is 79.9. The monoisotopic (exact) mass is 299 g/mol. The summed E-state index contributed by atoms with van der Waals surface area (Å²) in [6, 6.07) is 4.99. The predicted molar refractivity (Wildman–Crippen MR) is 67.0 cm³/mol. The summed E-state index contributed by atoms with van der Waals surface area (Å²) < 4.78 is 6.49. The molecule has 3 N–H and O–H groups in total. The molecule has 0 spiro atoms. The van der Waals surface area contributed by atoms with Gasteiger partial charge in [-0.25, -0.2) is 0 Å². The number of hydrogen-bond acceptors (Lipinski definition) is 3. The Hall–Kier alpha value is -1.07.